The Balaban J connectivity index is 1.42. The van der Waals surface area contributed by atoms with E-state index in [2.05, 4.69) is 10.6 Å². The zero-order chi connectivity index (χ0) is 23.4. The smallest absolute Gasteiger partial charge is 0.261 e. The molecular weight excluding hydrogens is 422 g/mol. The molecule has 2 N–H and O–H groups in total. The summed E-state index contributed by atoms with van der Waals surface area (Å²) in [5.41, 5.74) is 1.74. The molecule has 1 aliphatic rings. The van der Waals surface area contributed by atoms with E-state index in [4.69, 9.17) is 4.74 Å². The molecule has 0 fully saturated rings. The van der Waals surface area contributed by atoms with Crippen molar-refractivity contribution in [3.05, 3.63) is 89.5 Å². The number of imide groups is 1. The molecule has 3 aromatic carbocycles. The second-order valence-electron chi connectivity index (χ2n) is 7.31. The van der Waals surface area contributed by atoms with Crippen LogP contribution >= 0.6 is 0 Å². The van der Waals surface area contributed by atoms with Gasteiger partial charge in [-0.3, -0.25) is 24.1 Å². The molecule has 4 rings (SSSR count). The Bertz CT molecular complexity index is 1220. The van der Waals surface area contributed by atoms with Gasteiger partial charge in [-0.2, -0.15) is 0 Å². The van der Waals surface area contributed by atoms with Crippen LogP contribution in [-0.4, -0.2) is 42.2 Å². The average Bonchev–Trinajstić information content (AvgIpc) is 3.08. The Labute approximate surface area is 190 Å². The standard InChI is InChI=1S/C25H21N3O5/c1-33-21-13-7-6-12-20(21)27-23(30)18-10-4-5-11-19(18)26-22(29)14-15-28-24(31)16-8-2-3-9-17(16)25(28)32/h2-13H,14-15H2,1H3,(H,26,29)(H,27,30). The Kier molecular flexibility index (Phi) is 6.17. The number of carbonyl (C=O) groups is 4. The Morgan fingerprint density at radius 3 is 2.03 bits per heavy atom. The van der Waals surface area contributed by atoms with E-state index in [0.29, 0.717) is 28.3 Å². The van der Waals surface area contributed by atoms with E-state index in [1.54, 1.807) is 72.8 Å². The van der Waals surface area contributed by atoms with E-state index < -0.39 is 23.6 Å². The van der Waals surface area contributed by atoms with Crippen LogP contribution in [0.25, 0.3) is 0 Å². The van der Waals surface area contributed by atoms with Crippen LogP contribution in [-0.2, 0) is 4.79 Å². The second kappa shape index (κ2) is 9.35. The summed E-state index contributed by atoms with van der Waals surface area (Å²) in [5.74, 6) is -1.17. The van der Waals surface area contributed by atoms with Crippen LogP contribution in [0.5, 0.6) is 5.75 Å². The molecule has 1 heterocycles. The fourth-order valence-corrected chi connectivity index (χ4v) is 3.60. The van der Waals surface area contributed by atoms with Gasteiger partial charge in [-0.05, 0) is 36.4 Å². The molecular formula is C25H21N3O5. The summed E-state index contributed by atoms with van der Waals surface area (Å²) in [4.78, 5) is 51.4. The quantitative estimate of drug-likeness (QED) is 0.543. The Morgan fingerprint density at radius 1 is 0.788 bits per heavy atom. The number of anilines is 2. The highest BCUT2D eigenvalue weighted by Crippen LogP contribution is 2.26. The van der Waals surface area contributed by atoms with Gasteiger partial charge in [0.1, 0.15) is 5.75 Å². The van der Waals surface area contributed by atoms with E-state index in [0.717, 1.165) is 4.90 Å². The lowest BCUT2D eigenvalue weighted by atomic mass is 10.1. The van der Waals surface area contributed by atoms with Gasteiger partial charge in [-0.15, -0.1) is 0 Å². The molecule has 0 aromatic heterocycles. The minimum Gasteiger partial charge on any atom is -0.495 e. The monoisotopic (exact) mass is 443 g/mol. The molecule has 0 saturated heterocycles. The predicted molar refractivity (Wildman–Crippen MR) is 122 cm³/mol. The third-order valence-electron chi connectivity index (χ3n) is 5.24. The molecule has 0 unspecified atom stereocenters. The summed E-state index contributed by atoms with van der Waals surface area (Å²) in [6, 6.07) is 20.1. The van der Waals surface area contributed by atoms with E-state index in [9.17, 15) is 19.2 Å². The van der Waals surface area contributed by atoms with Gasteiger partial charge < -0.3 is 15.4 Å². The number of ether oxygens (including phenoxy) is 1. The van der Waals surface area contributed by atoms with Gasteiger partial charge in [0.25, 0.3) is 17.7 Å². The van der Waals surface area contributed by atoms with E-state index in [-0.39, 0.29) is 18.5 Å². The van der Waals surface area contributed by atoms with Gasteiger partial charge >= 0.3 is 0 Å². The number of amides is 4. The largest absolute Gasteiger partial charge is 0.495 e. The van der Waals surface area contributed by atoms with Crippen LogP contribution in [0.15, 0.2) is 72.8 Å². The van der Waals surface area contributed by atoms with E-state index in [1.807, 2.05) is 0 Å². The number of nitrogens with one attached hydrogen (secondary N) is 2. The SMILES string of the molecule is COc1ccccc1NC(=O)c1ccccc1NC(=O)CCN1C(=O)c2ccccc2C1=O. The van der Waals surface area contributed by atoms with Gasteiger partial charge in [0.05, 0.1) is 35.2 Å². The summed E-state index contributed by atoms with van der Waals surface area (Å²) in [6.45, 7) is -0.0617. The summed E-state index contributed by atoms with van der Waals surface area (Å²) >= 11 is 0. The van der Waals surface area contributed by atoms with E-state index >= 15 is 0 Å². The van der Waals surface area contributed by atoms with Crippen molar-refractivity contribution in [2.24, 2.45) is 0 Å². The molecule has 1 aliphatic heterocycles. The summed E-state index contributed by atoms with van der Waals surface area (Å²) < 4.78 is 5.25. The first-order chi connectivity index (χ1) is 16.0. The van der Waals surface area contributed by atoms with Gasteiger partial charge in [0.15, 0.2) is 0 Å². The topological polar surface area (TPSA) is 105 Å². The molecule has 0 bridgehead atoms. The number of para-hydroxylation sites is 3. The van der Waals surface area contributed by atoms with Crippen LogP contribution in [0.1, 0.15) is 37.5 Å². The molecule has 0 radical (unpaired) electrons. The first-order valence-corrected chi connectivity index (χ1v) is 10.3. The van der Waals surface area contributed by atoms with Gasteiger partial charge in [0.2, 0.25) is 5.91 Å². The lowest BCUT2D eigenvalue weighted by Crippen LogP contribution is -2.33. The zero-order valence-corrected chi connectivity index (χ0v) is 17.8. The Hall–Kier alpha value is -4.46. The lowest BCUT2D eigenvalue weighted by molar-refractivity contribution is -0.116. The van der Waals surface area contributed by atoms with Crippen molar-refractivity contribution in [3.63, 3.8) is 0 Å². The Morgan fingerprint density at radius 2 is 1.36 bits per heavy atom. The molecule has 0 atom stereocenters. The van der Waals surface area contributed by atoms with Crippen molar-refractivity contribution in [2.45, 2.75) is 6.42 Å². The maximum atomic E-state index is 12.8. The normalized spacial score (nSPS) is 12.3. The molecule has 0 spiro atoms. The minimum absolute atomic E-state index is 0.0617. The highest BCUT2D eigenvalue weighted by molar-refractivity contribution is 6.21. The molecule has 166 valence electrons. The fraction of sp³-hybridized carbons (Fsp3) is 0.120. The second-order valence-corrected chi connectivity index (χ2v) is 7.31. The van der Waals surface area contributed by atoms with Gasteiger partial charge in [0, 0.05) is 13.0 Å². The number of hydrogen-bond donors (Lipinski definition) is 2. The van der Waals surface area contributed by atoms with Crippen LogP contribution < -0.4 is 15.4 Å². The van der Waals surface area contributed by atoms with Crippen molar-refractivity contribution in [1.29, 1.82) is 0 Å². The summed E-state index contributed by atoms with van der Waals surface area (Å²) in [7, 11) is 1.51. The number of hydrogen-bond acceptors (Lipinski definition) is 5. The molecule has 0 aliphatic carbocycles. The molecule has 4 amide bonds. The number of benzene rings is 3. The predicted octanol–water partition coefficient (Wildman–Crippen LogP) is 3.57. The fourth-order valence-electron chi connectivity index (χ4n) is 3.60. The van der Waals surface area contributed by atoms with Gasteiger partial charge in [-0.25, -0.2) is 0 Å². The number of fused-ring (bicyclic) bond motifs is 1. The number of carbonyl (C=O) groups excluding carboxylic acids is 4. The molecule has 8 heteroatoms. The number of rotatable bonds is 7. The highest BCUT2D eigenvalue weighted by atomic mass is 16.5. The number of nitrogens with zero attached hydrogens (tertiary/aromatic N) is 1. The first-order valence-electron chi connectivity index (χ1n) is 10.3. The van der Waals surface area contributed by atoms with E-state index in [1.165, 1.54) is 7.11 Å². The third kappa shape index (κ3) is 4.45. The van der Waals surface area contributed by atoms with Crippen LogP contribution in [0, 0.1) is 0 Å². The maximum Gasteiger partial charge on any atom is 0.261 e. The lowest BCUT2D eigenvalue weighted by Gasteiger charge is -2.15. The van der Waals surface area contributed by atoms with Crippen molar-refractivity contribution in [3.8, 4) is 5.75 Å². The summed E-state index contributed by atoms with van der Waals surface area (Å²) in [5, 5.41) is 5.48. The highest BCUT2D eigenvalue weighted by Gasteiger charge is 2.35. The van der Waals surface area contributed by atoms with Crippen molar-refractivity contribution in [1.82, 2.24) is 4.90 Å². The number of methoxy groups -OCH3 is 1. The third-order valence-corrected chi connectivity index (χ3v) is 5.24. The van der Waals surface area contributed by atoms with Crippen LogP contribution in [0.4, 0.5) is 11.4 Å². The molecule has 3 aromatic rings. The molecule has 8 nitrogen and oxygen atoms in total. The first kappa shape index (κ1) is 21.8. The van der Waals surface area contributed by atoms with Crippen LogP contribution in [0.2, 0.25) is 0 Å². The van der Waals surface area contributed by atoms with Crippen molar-refractivity contribution in [2.75, 3.05) is 24.3 Å². The van der Waals surface area contributed by atoms with Crippen molar-refractivity contribution >= 4 is 35.0 Å². The van der Waals surface area contributed by atoms with Crippen LogP contribution in [0.3, 0.4) is 0 Å². The minimum atomic E-state index is -0.427. The van der Waals surface area contributed by atoms with Gasteiger partial charge in [-0.1, -0.05) is 36.4 Å². The summed E-state index contributed by atoms with van der Waals surface area (Å²) in [6.07, 6.45) is -0.103. The molecule has 0 saturated carbocycles. The zero-order valence-electron chi connectivity index (χ0n) is 17.8. The maximum absolute atomic E-state index is 12.8. The average molecular weight is 443 g/mol. The van der Waals surface area contributed by atoms with Crippen molar-refractivity contribution < 1.29 is 23.9 Å². The molecule has 33 heavy (non-hydrogen) atoms.